The summed E-state index contributed by atoms with van der Waals surface area (Å²) >= 11 is 0. The summed E-state index contributed by atoms with van der Waals surface area (Å²) in [6.45, 7) is 2.54. The fourth-order valence-corrected chi connectivity index (χ4v) is 3.47. The summed E-state index contributed by atoms with van der Waals surface area (Å²) in [4.78, 5) is 14.2. The Balaban J connectivity index is 1.87. The first-order chi connectivity index (χ1) is 11.3. The van der Waals surface area contributed by atoms with Gasteiger partial charge in [-0.05, 0) is 36.5 Å². The van der Waals surface area contributed by atoms with Crippen LogP contribution < -0.4 is 0 Å². The van der Waals surface area contributed by atoms with Crippen LogP contribution in [0.1, 0.15) is 36.9 Å². The van der Waals surface area contributed by atoms with E-state index >= 15 is 0 Å². The highest BCUT2D eigenvalue weighted by Crippen LogP contribution is 2.37. The van der Waals surface area contributed by atoms with E-state index in [0.717, 1.165) is 18.6 Å². The number of ether oxygens (including phenoxy) is 1. The van der Waals surface area contributed by atoms with Crippen LogP contribution in [0, 0.1) is 5.92 Å². The van der Waals surface area contributed by atoms with Crippen molar-refractivity contribution in [1.82, 2.24) is 4.90 Å². The number of hydrogen-bond acceptors (Lipinski definition) is 3. The minimum Gasteiger partial charge on any atom is -0.391 e. The topological polar surface area (TPSA) is 49.8 Å². The van der Waals surface area contributed by atoms with E-state index in [2.05, 4.69) is 0 Å². The Hall–Kier alpha value is -1.60. The summed E-state index contributed by atoms with van der Waals surface area (Å²) in [7, 11) is 0. The molecule has 4 atom stereocenters. The first-order valence-corrected chi connectivity index (χ1v) is 8.04. The van der Waals surface area contributed by atoms with Gasteiger partial charge in [0.2, 0.25) is 0 Å². The van der Waals surface area contributed by atoms with E-state index in [9.17, 15) is 23.1 Å². The zero-order valence-electron chi connectivity index (χ0n) is 13.3. The molecule has 132 valence electrons. The Bertz CT molecular complexity index is 619. The molecule has 4 nitrogen and oxygen atoms in total. The second-order valence-electron chi connectivity index (χ2n) is 6.58. The van der Waals surface area contributed by atoms with Gasteiger partial charge in [0, 0.05) is 13.2 Å². The largest absolute Gasteiger partial charge is 0.416 e. The van der Waals surface area contributed by atoms with Gasteiger partial charge in [0.25, 0.3) is 5.91 Å². The molecule has 1 aromatic carbocycles. The summed E-state index contributed by atoms with van der Waals surface area (Å²) in [6.07, 6.45) is -4.76. The van der Waals surface area contributed by atoms with Crippen molar-refractivity contribution in [1.29, 1.82) is 0 Å². The lowest BCUT2D eigenvalue weighted by Gasteiger charge is -2.28. The zero-order valence-corrected chi connectivity index (χ0v) is 13.3. The van der Waals surface area contributed by atoms with Gasteiger partial charge in [0.1, 0.15) is 6.10 Å². The highest BCUT2D eigenvalue weighted by molar-refractivity contribution is 5.82. The fraction of sp³-hybridized carbons (Fsp3) is 0.588. The van der Waals surface area contributed by atoms with Crippen molar-refractivity contribution in [3.63, 3.8) is 0 Å². The molecule has 1 N–H and O–H groups in total. The van der Waals surface area contributed by atoms with Gasteiger partial charge in [0.05, 0.1) is 17.7 Å². The molecule has 2 saturated heterocycles. The molecular weight excluding hydrogens is 323 g/mol. The summed E-state index contributed by atoms with van der Waals surface area (Å²) in [6, 6.07) is 4.40. The van der Waals surface area contributed by atoms with Crippen LogP contribution in [0.4, 0.5) is 13.2 Å². The van der Waals surface area contributed by atoms with Crippen LogP contribution >= 0.6 is 0 Å². The van der Waals surface area contributed by atoms with Crippen molar-refractivity contribution in [3.8, 4) is 0 Å². The third-order valence-corrected chi connectivity index (χ3v) is 4.79. The number of carbonyl (C=O) groups is 1. The van der Waals surface area contributed by atoms with Gasteiger partial charge in [-0.25, -0.2) is 0 Å². The van der Waals surface area contributed by atoms with Gasteiger partial charge >= 0.3 is 6.18 Å². The number of carbonyl (C=O) groups excluding carboxylic acids is 1. The van der Waals surface area contributed by atoms with E-state index in [1.165, 1.54) is 11.0 Å². The molecule has 2 aliphatic heterocycles. The monoisotopic (exact) mass is 343 g/mol. The number of hydrogen-bond donors (Lipinski definition) is 1. The van der Waals surface area contributed by atoms with Crippen LogP contribution in [0.25, 0.3) is 0 Å². The number of nitrogens with zero attached hydrogens (tertiary/aromatic N) is 1. The molecule has 0 aliphatic carbocycles. The van der Waals surface area contributed by atoms with E-state index in [1.807, 2.05) is 6.92 Å². The Kier molecular flexibility index (Phi) is 4.57. The second kappa shape index (κ2) is 6.37. The van der Waals surface area contributed by atoms with E-state index in [-0.39, 0.29) is 24.8 Å². The Labute approximate surface area is 138 Å². The predicted molar refractivity (Wildman–Crippen MR) is 80.0 cm³/mol. The summed E-state index contributed by atoms with van der Waals surface area (Å²) in [5.41, 5.74) is -0.361. The number of aliphatic hydroxyl groups excluding tert-OH is 1. The standard InChI is InChI=1S/C17H20F3NO3/c1-10-5-6-24-15(10)16(23)21-9-13(22)8-14(21)11-3-2-4-12(7-11)17(18,19)20/h2-4,7,10,13-15,22H,5-6,8-9H2,1H3. The number of rotatable bonds is 2. The molecule has 2 heterocycles. The quantitative estimate of drug-likeness (QED) is 0.898. The zero-order chi connectivity index (χ0) is 17.5. The minimum atomic E-state index is -4.44. The number of aliphatic hydroxyl groups is 1. The molecule has 0 spiro atoms. The normalized spacial score (nSPS) is 30.8. The maximum absolute atomic E-state index is 12.9. The lowest BCUT2D eigenvalue weighted by molar-refractivity contribution is -0.143. The maximum atomic E-state index is 12.9. The van der Waals surface area contributed by atoms with Crippen LogP contribution in [0.2, 0.25) is 0 Å². The summed E-state index contributed by atoms with van der Waals surface area (Å²) in [5.74, 6) is -0.184. The van der Waals surface area contributed by atoms with Gasteiger partial charge < -0.3 is 14.7 Å². The number of halogens is 3. The second-order valence-corrected chi connectivity index (χ2v) is 6.58. The van der Waals surface area contributed by atoms with E-state index < -0.39 is 30.0 Å². The SMILES string of the molecule is CC1CCOC1C(=O)N1CC(O)CC1c1cccc(C(F)(F)F)c1. The summed E-state index contributed by atoms with van der Waals surface area (Å²) in [5, 5.41) is 9.96. The number of β-amino-alcohol motifs (C(OH)–C–C–N with tert-alkyl or cyclic N) is 1. The Morgan fingerprint density at radius 1 is 1.38 bits per heavy atom. The molecule has 0 radical (unpaired) electrons. The van der Waals surface area contributed by atoms with Crippen molar-refractivity contribution >= 4 is 5.91 Å². The Morgan fingerprint density at radius 3 is 2.75 bits per heavy atom. The average molecular weight is 343 g/mol. The molecule has 24 heavy (non-hydrogen) atoms. The lowest BCUT2D eigenvalue weighted by atomic mass is 9.99. The minimum absolute atomic E-state index is 0.0670. The first kappa shape index (κ1) is 17.2. The molecule has 0 saturated carbocycles. The van der Waals surface area contributed by atoms with Crippen LogP contribution in [0.5, 0.6) is 0 Å². The van der Waals surface area contributed by atoms with E-state index in [4.69, 9.17) is 4.74 Å². The van der Waals surface area contributed by atoms with Crippen molar-refractivity contribution in [2.24, 2.45) is 5.92 Å². The van der Waals surface area contributed by atoms with Crippen LogP contribution in [0.15, 0.2) is 24.3 Å². The van der Waals surface area contributed by atoms with Crippen LogP contribution in [-0.4, -0.2) is 41.3 Å². The molecule has 1 amide bonds. The van der Waals surface area contributed by atoms with Gasteiger partial charge in [0.15, 0.2) is 0 Å². The van der Waals surface area contributed by atoms with Crippen molar-refractivity contribution < 1.29 is 27.8 Å². The molecule has 0 bridgehead atoms. The van der Waals surface area contributed by atoms with Crippen molar-refractivity contribution in [2.75, 3.05) is 13.2 Å². The van der Waals surface area contributed by atoms with E-state index in [1.54, 1.807) is 6.07 Å². The van der Waals surface area contributed by atoms with Gasteiger partial charge in [-0.3, -0.25) is 4.79 Å². The van der Waals surface area contributed by atoms with Gasteiger partial charge in [-0.15, -0.1) is 0 Å². The number of benzene rings is 1. The fourth-order valence-electron chi connectivity index (χ4n) is 3.47. The average Bonchev–Trinajstić information content (AvgIpc) is 3.12. The van der Waals surface area contributed by atoms with Gasteiger partial charge in [-0.1, -0.05) is 19.1 Å². The van der Waals surface area contributed by atoms with Crippen molar-refractivity contribution in [3.05, 3.63) is 35.4 Å². The molecule has 1 aromatic rings. The van der Waals surface area contributed by atoms with Crippen LogP contribution in [0.3, 0.4) is 0 Å². The van der Waals surface area contributed by atoms with Crippen LogP contribution in [-0.2, 0) is 15.7 Å². The highest BCUT2D eigenvalue weighted by Gasteiger charge is 2.42. The smallest absolute Gasteiger partial charge is 0.391 e. The maximum Gasteiger partial charge on any atom is 0.416 e. The molecule has 3 rings (SSSR count). The third-order valence-electron chi connectivity index (χ3n) is 4.79. The molecule has 0 aromatic heterocycles. The molecule has 4 unspecified atom stereocenters. The molecule has 7 heteroatoms. The molecule has 2 fully saturated rings. The van der Waals surface area contributed by atoms with E-state index in [0.29, 0.717) is 12.2 Å². The number of amides is 1. The third kappa shape index (κ3) is 3.28. The van der Waals surface area contributed by atoms with Gasteiger partial charge in [-0.2, -0.15) is 13.2 Å². The summed E-state index contributed by atoms with van der Waals surface area (Å²) < 4.78 is 44.3. The molecule has 2 aliphatic rings. The molecular formula is C17H20F3NO3. The highest BCUT2D eigenvalue weighted by atomic mass is 19.4. The van der Waals surface area contributed by atoms with Crippen molar-refractivity contribution in [2.45, 2.75) is 44.2 Å². The first-order valence-electron chi connectivity index (χ1n) is 8.04. The lowest BCUT2D eigenvalue weighted by Crippen LogP contribution is -2.41. The number of alkyl halides is 3. The predicted octanol–water partition coefficient (Wildman–Crippen LogP) is 2.76. The Morgan fingerprint density at radius 2 is 2.12 bits per heavy atom. The number of likely N-dealkylation sites (tertiary alicyclic amines) is 1.